The van der Waals surface area contributed by atoms with Gasteiger partial charge in [0, 0.05) is 0 Å². The van der Waals surface area contributed by atoms with Gasteiger partial charge in [0.25, 0.3) is 0 Å². The molecule has 17 heavy (non-hydrogen) atoms. The predicted octanol–water partition coefficient (Wildman–Crippen LogP) is 4.41. The summed E-state index contributed by atoms with van der Waals surface area (Å²) in [5, 5.41) is 13.1. The average molecular weight is 267 g/mol. The number of rotatable bonds is 2. The van der Waals surface area contributed by atoms with Gasteiger partial charge in [-0.2, -0.15) is 0 Å². The summed E-state index contributed by atoms with van der Waals surface area (Å²) >= 11 is 7.71. The van der Waals surface area contributed by atoms with Crippen LogP contribution in [0.3, 0.4) is 0 Å². The fourth-order valence-electron chi connectivity index (χ4n) is 1.83. The van der Waals surface area contributed by atoms with Crippen molar-refractivity contribution in [2.24, 2.45) is 0 Å². The molecule has 1 aromatic heterocycles. The van der Waals surface area contributed by atoms with Crippen LogP contribution in [0.5, 0.6) is 0 Å². The molecule has 0 amide bonds. The Morgan fingerprint density at radius 2 is 1.88 bits per heavy atom. The molecule has 1 heterocycles. The van der Waals surface area contributed by atoms with Gasteiger partial charge in [0.1, 0.15) is 6.10 Å². The molecule has 90 valence electrons. The lowest BCUT2D eigenvalue weighted by atomic mass is 10.00. The quantitative estimate of drug-likeness (QED) is 0.854. The number of hydrogen-bond acceptors (Lipinski definition) is 2. The van der Waals surface area contributed by atoms with E-state index in [0.717, 1.165) is 27.1 Å². The number of halogens is 1. The van der Waals surface area contributed by atoms with Crippen LogP contribution in [0, 0.1) is 20.8 Å². The molecule has 1 atom stereocenters. The summed E-state index contributed by atoms with van der Waals surface area (Å²) < 4.78 is 0. The zero-order valence-corrected chi connectivity index (χ0v) is 11.7. The number of aryl methyl sites for hydroxylation is 3. The van der Waals surface area contributed by atoms with E-state index in [1.54, 1.807) is 0 Å². The topological polar surface area (TPSA) is 20.2 Å². The molecule has 1 unspecified atom stereocenters. The molecule has 3 heteroatoms. The van der Waals surface area contributed by atoms with Crippen LogP contribution in [0.4, 0.5) is 0 Å². The summed E-state index contributed by atoms with van der Waals surface area (Å²) in [5.41, 5.74) is 4.20. The molecule has 0 fully saturated rings. The van der Waals surface area contributed by atoms with Crippen molar-refractivity contribution in [2.75, 3.05) is 0 Å². The van der Waals surface area contributed by atoms with E-state index >= 15 is 0 Å². The van der Waals surface area contributed by atoms with E-state index in [4.69, 9.17) is 11.6 Å². The van der Waals surface area contributed by atoms with Crippen molar-refractivity contribution in [2.45, 2.75) is 26.9 Å². The predicted molar refractivity (Wildman–Crippen MR) is 74.0 cm³/mol. The number of benzene rings is 1. The maximum atomic E-state index is 10.4. The minimum absolute atomic E-state index is 0.624. The SMILES string of the molecule is Cc1ccc(C)c(C(O)c2scc(C)c2Cl)c1. The Bertz CT molecular complexity index is 545. The van der Waals surface area contributed by atoms with Gasteiger partial charge in [-0.25, -0.2) is 0 Å². The van der Waals surface area contributed by atoms with E-state index < -0.39 is 6.10 Å². The van der Waals surface area contributed by atoms with Gasteiger partial charge in [-0.15, -0.1) is 11.3 Å². The smallest absolute Gasteiger partial charge is 0.115 e. The van der Waals surface area contributed by atoms with E-state index in [2.05, 4.69) is 0 Å². The Hall–Kier alpha value is -0.830. The Labute approximate surface area is 111 Å². The fourth-order valence-corrected chi connectivity index (χ4v) is 3.13. The highest BCUT2D eigenvalue weighted by atomic mass is 35.5. The minimum atomic E-state index is -0.624. The third-order valence-corrected chi connectivity index (χ3v) is 4.67. The summed E-state index contributed by atoms with van der Waals surface area (Å²) in [7, 11) is 0. The van der Waals surface area contributed by atoms with Gasteiger partial charge in [0.15, 0.2) is 0 Å². The second-order valence-electron chi connectivity index (χ2n) is 4.36. The lowest BCUT2D eigenvalue weighted by Gasteiger charge is -2.13. The van der Waals surface area contributed by atoms with Crippen molar-refractivity contribution < 1.29 is 5.11 Å². The monoisotopic (exact) mass is 266 g/mol. The third-order valence-electron chi connectivity index (χ3n) is 2.90. The van der Waals surface area contributed by atoms with Gasteiger partial charge in [-0.3, -0.25) is 0 Å². The van der Waals surface area contributed by atoms with Crippen LogP contribution < -0.4 is 0 Å². The molecular weight excluding hydrogens is 252 g/mol. The number of thiophene rings is 1. The van der Waals surface area contributed by atoms with Crippen molar-refractivity contribution >= 4 is 22.9 Å². The van der Waals surface area contributed by atoms with Gasteiger partial charge in [0.05, 0.1) is 9.90 Å². The Kier molecular flexibility index (Phi) is 3.57. The van der Waals surface area contributed by atoms with Gasteiger partial charge in [-0.05, 0) is 42.8 Å². The second kappa shape index (κ2) is 4.81. The first-order valence-corrected chi connectivity index (χ1v) is 6.75. The minimum Gasteiger partial charge on any atom is -0.383 e. The van der Waals surface area contributed by atoms with E-state index in [9.17, 15) is 5.11 Å². The molecule has 2 rings (SSSR count). The van der Waals surface area contributed by atoms with Crippen LogP contribution in [-0.4, -0.2) is 5.11 Å². The first kappa shape index (κ1) is 12.6. The van der Waals surface area contributed by atoms with Crippen LogP contribution in [0.15, 0.2) is 23.6 Å². The van der Waals surface area contributed by atoms with E-state index in [1.165, 1.54) is 11.3 Å². The number of hydrogen-bond donors (Lipinski definition) is 1. The molecule has 2 aromatic rings. The normalized spacial score (nSPS) is 12.8. The van der Waals surface area contributed by atoms with E-state index in [0.29, 0.717) is 5.02 Å². The molecule has 1 aromatic carbocycles. The molecular formula is C14H15ClOS. The largest absolute Gasteiger partial charge is 0.383 e. The summed E-state index contributed by atoms with van der Waals surface area (Å²) in [6.07, 6.45) is -0.624. The lowest BCUT2D eigenvalue weighted by molar-refractivity contribution is 0.223. The molecule has 0 radical (unpaired) electrons. The Morgan fingerprint density at radius 3 is 2.47 bits per heavy atom. The van der Waals surface area contributed by atoms with E-state index in [1.807, 2.05) is 44.4 Å². The Balaban J connectivity index is 2.47. The van der Waals surface area contributed by atoms with Crippen molar-refractivity contribution in [3.05, 3.63) is 55.7 Å². The van der Waals surface area contributed by atoms with Crippen molar-refractivity contribution in [3.63, 3.8) is 0 Å². The average Bonchev–Trinajstić information content (AvgIpc) is 2.62. The maximum absolute atomic E-state index is 10.4. The van der Waals surface area contributed by atoms with Crippen molar-refractivity contribution in [1.82, 2.24) is 0 Å². The maximum Gasteiger partial charge on any atom is 0.115 e. The van der Waals surface area contributed by atoms with Crippen LogP contribution >= 0.6 is 22.9 Å². The highest BCUT2D eigenvalue weighted by Gasteiger charge is 2.18. The van der Waals surface area contributed by atoms with Crippen molar-refractivity contribution in [1.29, 1.82) is 0 Å². The molecule has 0 aliphatic heterocycles. The third kappa shape index (κ3) is 2.39. The molecule has 1 N–H and O–H groups in total. The molecule has 0 spiro atoms. The van der Waals surface area contributed by atoms with E-state index in [-0.39, 0.29) is 0 Å². The van der Waals surface area contributed by atoms with Gasteiger partial charge in [-0.1, -0.05) is 35.4 Å². The molecule has 0 saturated heterocycles. The molecule has 0 bridgehead atoms. The first-order valence-electron chi connectivity index (χ1n) is 5.49. The highest BCUT2D eigenvalue weighted by Crippen LogP contribution is 2.36. The summed E-state index contributed by atoms with van der Waals surface area (Å²) in [5.74, 6) is 0. The lowest BCUT2D eigenvalue weighted by Crippen LogP contribution is -2.01. The van der Waals surface area contributed by atoms with Crippen LogP contribution in [0.25, 0.3) is 0 Å². The first-order chi connectivity index (χ1) is 8.00. The Morgan fingerprint density at radius 1 is 1.18 bits per heavy atom. The molecule has 0 saturated carbocycles. The van der Waals surface area contributed by atoms with Gasteiger partial charge < -0.3 is 5.11 Å². The molecule has 0 aliphatic rings. The number of aliphatic hydroxyl groups is 1. The second-order valence-corrected chi connectivity index (χ2v) is 5.65. The van der Waals surface area contributed by atoms with Gasteiger partial charge >= 0.3 is 0 Å². The number of aliphatic hydroxyl groups excluding tert-OH is 1. The van der Waals surface area contributed by atoms with Gasteiger partial charge in [0.2, 0.25) is 0 Å². The summed E-state index contributed by atoms with van der Waals surface area (Å²) in [6.45, 7) is 5.99. The van der Waals surface area contributed by atoms with Crippen LogP contribution in [0.1, 0.15) is 33.2 Å². The molecule has 0 aliphatic carbocycles. The summed E-state index contributed by atoms with van der Waals surface area (Å²) in [4.78, 5) is 0.831. The molecule has 1 nitrogen and oxygen atoms in total. The summed E-state index contributed by atoms with van der Waals surface area (Å²) in [6, 6.07) is 6.10. The highest BCUT2D eigenvalue weighted by molar-refractivity contribution is 7.10. The van der Waals surface area contributed by atoms with Crippen molar-refractivity contribution in [3.8, 4) is 0 Å². The van der Waals surface area contributed by atoms with Crippen LogP contribution in [-0.2, 0) is 0 Å². The zero-order chi connectivity index (χ0) is 12.6. The van der Waals surface area contributed by atoms with Crippen LogP contribution in [0.2, 0.25) is 5.02 Å². The zero-order valence-electron chi connectivity index (χ0n) is 10.1. The standard InChI is InChI=1S/C14H15ClOS/c1-8-4-5-9(2)11(6-8)13(16)14-12(15)10(3)7-17-14/h4-7,13,16H,1-3H3. The fraction of sp³-hybridized carbons (Fsp3) is 0.286.